The highest BCUT2D eigenvalue weighted by Crippen LogP contribution is 2.54. The second-order valence-electron chi connectivity index (χ2n) is 7.59. The van der Waals surface area contributed by atoms with E-state index in [1.807, 2.05) is 12.1 Å². The highest BCUT2D eigenvalue weighted by atomic mass is 16.7. The van der Waals surface area contributed by atoms with Gasteiger partial charge in [-0.25, -0.2) is 0 Å². The minimum atomic E-state index is -0.273. The van der Waals surface area contributed by atoms with Crippen LogP contribution in [-0.2, 0) is 13.0 Å². The van der Waals surface area contributed by atoms with Crippen LogP contribution in [0.5, 0.6) is 23.0 Å². The third-order valence-electron chi connectivity index (χ3n) is 6.29. The summed E-state index contributed by atoms with van der Waals surface area (Å²) in [7, 11) is 3.26. The van der Waals surface area contributed by atoms with Crippen LogP contribution in [0.25, 0.3) is 0 Å². The van der Waals surface area contributed by atoms with Crippen molar-refractivity contribution in [3.63, 3.8) is 0 Å². The van der Waals surface area contributed by atoms with Crippen molar-refractivity contribution in [2.24, 2.45) is 0 Å². The fraction of sp³-hybridized carbons (Fsp3) is 0.429. The van der Waals surface area contributed by atoms with Gasteiger partial charge in [-0.15, -0.1) is 0 Å². The van der Waals surface area contributed by atoms with Gasteiger partial charge in [0.25, 0.3) is 0 Å². The zero-order chi connectivity index (χ0) is 18.8. The molecule has 0 radical (unpaired) electrons. The molecule has 0 spiro atoms. The molecule has 142 valence electrons. The van der Waals surface area contributed by atoms with E-state index in [0.29, 0.717) is 24.6 Å². The number of quaternary nitrogens is 1. The normalized spacial score (nSPS) is 27.4. The Bertz CT molecular complexity index is 927. The van der Waals surface area contributed by atoms with Crippen LogP contribution in [0.3, 0.4) is 0 Å². The molecule has 0 N–H and O–H groups in total. The number of hydrogen-bond donors (Lipinski definition) is 0. The third kappa shape index (κ3) is 2.26. The lowest BCUT2D eigenvalue weighted by Crippen LogP contribution is -2.53. The molecule has 27 heavy (non-hydrogen) atoms. The predicted octanol–water partition coefficient (Wildman–Crippen LogP) is 3.66. The van der Waals surface area contributed by atoms with E-state index < -0.39 is 0 Å². The van der Waals surface area contributed by atoms with E-state index in [4.69, 9.17) is 18.9 Å². The Kier molecular flexibility index (Phi) is 3.58. The summed E-state index contributed by atoms with van der Waals surface area (Å²) < 4.78 is 21.9. The summed E-state index contributed by atoms with van der Waals surface area (Å²) >= 11 is 0. The quantitative estimate of drug-likeness (QED) is 0.597. The van der Waals surface area contributed by atoms with Crippen LogP contribution in [-0.4, -0.2) is 32.2 Å². The summed E-state index contributed by atoms with van der Waals surface area (Å²) in [4.78, 5) is 0. The van der Waals surface area contributed by atoms with Crippen molar-refractivity contribution in [1.29, 1.82) is 0 Å². The predicted molar refractivity (Wildman–Crippen MR) is 99.2 cm³/mol. The molecule has 3 aliphatic rings. The summed E-state index contributed by atoms with van der Waals surface area (Å²) in [6, 6.07) is 7.93. The number of fused-ring (bicyclic) bond motifs is 5. The van der Waals surface area contributed by atoms with Crippen LogP contribution in [0.4, 0.5) is 0 Å². The van der Waals surface area contributed by atoms with Crippen LogP contribution in [0.15, 0.2) is 24.3 Å². The van der Waals surface area contributed by atoms with Gasteiger partial charge in [-0.2, -0.15) is 0 Å². The SMILES string of the molecule is COc1ccc2c(c1OC)C[N@+]1([O-])CCc3cc4c(cc3[C@@H]1[C@@H]2C)OCO4. The van der Waals surface area contributed by atoms with Gasteiger partial charge < -0.3 is 28.8 Å². The zero-order valence-corrected chi connectivity index (χ0v) is 15.8. The Morgan fingerprint density at radius 2 is 1.85 bits per heavy atom. The molecule has 3 aliphatic heterocycles. The fourth-order valence-corrected chi connectivity index (χ4v) is 5.08. The van der Waals surface area contributed by atoms with E-state index in [1.165, 1.54) is 5.56 Å². The van der Waals surface area contributed by atoms with Gasteiger partial charge in [0.15, 0.2) is 23.0 Å². The van der Waals surface area contributed by atoms with Crippen molar-refractivity contribution < 1.29 is 23.6 Å². The van der Waals surface area contributed by atoms with Crippen molar-refractivity contribution in [2.45, 2.75) is 31.8 Å². The molecule has 3 atom stereocenters. The Morgan fingerprint density at radius 3 is 2.59 bits per heavy atom. The standard InChI is InChI=1S/C21H23NO5/c1-12-14-4-5-17(24-2)21(25-3)16(14)10-22(23)7-6-13-8-18-19(27-11-26-18)9-15(13)20(12)22/h4-5,8-9,12,20H,6-7,10-11H2,1-3H3/t12-,20+,22-/m1/s1. The van der Waals surface area contributed by atoms with Gasteiger partial charge in [-0.1, -0.05) is 13.0 Å². The summed E-state index contributed by atoms with van der Waals surface area (Å²) in [5, 5.41) is 14.0. The number of hydrogen-bond acceptors (Lipinski definition) is 5. The molecule has 0 saturated carbocycles. The maximum atomic E-state index is 14.0. The van der Waals surface area contributed by atoms with Gasteiger partial charge in [-0.3, -0.25) is 0 Å². The van der Waals surface area contributed by atoms with Crippen LogP contribution >= 0.6 is 0 Å². The lowest BCUT2D eigenvalue weighted by Gasteiger charge is -2.56. The Labute approximate surface area is 158 Å². The summed E-state index contributed by atoms with van der Waals surface area (Å²) in [6.07, 6.45) is 0.736. The number of rotatable bonds is 2. The van der Waals surface area contributed by atoms with Gasteiger partial charge in [0.2, 0.25) is 6.79 Å². The van der Waals surface area contributed by atoms with E-state index >= 15 is 0 Å². The molecule has 6 heteroatoms. The number of benzene rings is 2. The van der Waals surface area contributed by atoms with Gasteiger partial charge in [-0.05, 0) is 29.3 Å². The van der Waals surface area contributed by atoms with E-state index in [9.17, 15) is 5.21 Å². The Balaban J connectivity index is 1.67. The first-order valence-electron chi connectivity index (χ1n) is 9.29. The molecule has 2 aromatic rings. The molecular formula is C21H23NO5. The lowest BCUT2D eigenvalue weighted by atomic mass is 9.76. The Morgan fingerprint density at radius 1 is 1.07 bits per heavy atom. The van der Waals surface area contributed by atoms with Crippen molar-refractivity contribution in [2.75, 3.05) is 27.6 Å². The van der Waals surface area contributed by atoms with Crippen molar-refractivity contribution >= 4 is 0 Å². The van der Waals surface area contributed by atoms with E-state index in [0.717, 1.165) is 34.6 Å². The highest BCUT2D eigenvalue weighted by molar-refractivity contribution is 5.55. The van der Waals surface area contributed by atoms with Gasteiger partial charge in [0.05, 0.1) is 26.3 Å². The number of hydroxylamine groups is 3. The topological polar surface area (TPSA) is 60.0 Å². The molecule has 3 heterocycles. The van der Waals surface area contributed by atoms with E-state index in [2.05, 4.69) is 19.1 Å². The monoisotopic (exact) mass is 369 g/mol. The van der Waals surface area contributed by atoms with Gasteiger partial charge in [0.1, 0.15) is 12.6 Å². The van der Waals surface area contributed by atoms with Crippen LogP contribution in [0.1, 0.15) is 41.1 Å². The first-order chi connectivity index (χ1) is 13.1. The number of nitrogens with zero attached hydrogens (tertiary/aromatic N) is 1. The largest absolute Gasteiger partial charge is 0.632 e. The summed E-state index contributed by atoms with van der Waals surface area (Å²) in [5.74, 6) is 2.95. The summed E-state index contributed by atoms with van der Waals surface area (Å²) in [6.45, 7) is 3.31. The molecular weight excluding hydrogens is 346 g/mol. The molecule has 0 saturated heterocycles. The van der Waals surface area contributed by atoms with Crippen LogP contribution in [0, 0.1) is 5.21 Å². The van der Waals surface area contributed by atoms with Gasteiger partial charge in [0, 0.05) is 17.9 Å². The molecule has 0 amide bonds. The first kappa shape index (κ1) is 16.7. The van der Waals surface area contributed by atoms with E-state index in [-0.39, 0.29) is 23.4 Å². The number of ether oxygens (including phenoxy) is 4. The average molecular weight is 369 g/mol. The Hall–Kier alpha value is -2.44. The molecule has 0 bridgehead atoms. The van der Waals surface area contributed by atoms with Crippen LogP contribution < -0.4 is 18.9 Å². The van der Waals surface area contributed by atoms with Crippen LogP contribution in [0.2, 0.25) is 0 Å². The second kappa shape index (κ2) is 5.78. The maximum Gasteiger partial charge on any atom is 0.231 e. The fourth-order valence-electron chi connectivity index (χ4n) is 5.08. The minimum absolute atomic E-state index is 0.0606. The molecule has 0 unspecified atom stereocenters. The van der Waals surface area contributed by atoms with Crippen molar-refractivity contribution in [3.05, 3.63) is 51.7 Å². The molecule has 5 rings (SSSR count). The van der Waals surface area contributed by atoms with Gasteiger partial charge >= 0.3 is 0 Å². The molecule has 0 aromatic heterocycles. The zero-order valence-electron chi connectivity index (χ0n) is 15.8. The number of methoxy groups -OCH3 is 2. The smallest absolute Gasteiger partial charge is 0.231 e. The second-order valence-corrected chi connectivity index (χ2v) is 7.59. The first-order valence-corrected chi connectivity index (χ1v) is 9.29. The maximum absolute atomic E-state index is 14.0. The van der Waals surface area contributed by atoms with Crippen molar-refractivity contribution in [3.8, 4) is 23.0 Å². The highest BCUT2D eigenvalue weighted by Gasteiger charge is 2.46. The van der Waals surface area contributed by atoms with Crippen molar-refractivity contribution in [1.82, 2.24) is 0 Å². The molecule has 2 aromatic carbocycles. The third-order valence-corrected chi connectivity index (χ3v) is 6.29. The molecule has 0 aliphatic carbocycles. The average Bonchev–Trinajstić information content (AvgIpc) is 3.12. The molecule has 6 nitrogen and oxygen atoms in total. The molecule has 0 fully saturated rings. The minimum Gasteiger partial charge on any atom is -0.632 e. The van der Waals surface area contributed by atoms with E-state index in [1.54, 1.807) is 14.2 Å². The summed E-state index contributed by atoms with van der Waals surface area (Å²) in [5.41, 5.74) is 4.42. The lowest BCUT2D eigenvalue weighted by molar-refractivity contribution is -0.930.